The molecule has 0 unspecified atom stereocenters. The third kappa shape index (κ3) is 1.57. The molecule has 0 spiro atoms. The Balaban J connectivity index is 2.00. The first-order valence-corrected chi connectivity index (χ1v) is 7.01. The number of Topliss-reactive ketones (excluding diaryl/α,β-unsaturated/α-hetero) is 1. The number of carbonyl (C=O) groups is 1. The number of carbonyl (C=O) groups excluding carboxylic acids is 1. The van der Waals surface area contributed by atoms with Gasteiger partial charge in [-0.1, -0.05) is 12.1 Å². The third-order valence-electron chi connectivity index (χ3n) is 4.62. The van der Waals surface area contributed by atoms with Crippen LogP contribution in [0.1, 0.15) is 36.4 Å². The highest BCUT2D eigenvalue weighted by Crippen LogP contribution is 2.46. The van der Waals surface area contributed by atoms with E-state index in [-0.39, 0.29) is 11.7 Å². The smallest absolute Gasteiger partial charge is 0.149 e. The molecule has 2 aliphatic carbocycles. The molecule has 0 amide bonds. The standard InChI is InChI=1S/C16H15FN2O/c17-12-3-1-2-11-15(18)14-9-4-8(5-10(20)7-9)6-13(14)19-16(11)12/h1-3,8-9H,4-7H2,(H2,18,19)/t8-,9+/m0/s1. The molecule has 4 heteroatoms. The van der Waals surface area contributed by atoms with Crippen molar-refractivity contribution in [2.75, 3.05) is 5.73 Å². The summed E-state index contributed by atoms with van der Waals surface area (Å²) in [5, 5.41) is 0.667. The molecule has 1 fully saturated rings. The van der Waals surface area contributed by atoms with E-state index in [0.29, 0.717) is 41.1 Å². The van der Waals surface area contributed by atoms with Crippen LogP contribution in [0, 0.1) is 11.7 Å². The van der Waals surface area contributed by atoms with Gasteiger partial charge in [0.1, 0.15) is 17.1 Å². The molecule has 0 radical (unpaired) electrons. The van der Waals surface area contributed by atoms with Gasteiger partial charge in [-0.05, 0) is 30.7 Å². The molecular weight excluding hydrogens is 255 g/mol. The Kier molecular flexibility index (Phi) is 2.37. The van der Waals surface area contributed by atoms with E-state index in [1.54, 1.807) is 12.1 Å². The van der Waals surface area contributed by atoms with E-state index in [0.717, 1.165) is 24.1 Å². The molecule has 3 nitrogen and oxygen atoms in total. The fourth-order valence-corrected chi connectivity index (χ4v) is 3.85. The number of benzene rings is 1. The highest BCUT2D eigenvalue weighted by Gasteiger charge is 2.36. The first-order chi connectivity index (χ1) is 9.63. The third-order valence-corrected chi connectivity index (χ3v) is 4.62. The van der Waals surface area contributed by atoms with Crippen molar-refractivity contribution in [1.29, 1.82) is 0 Å². The molecule has 1 aromatic heterocycles. The van der Waals surface area contributed by atoms with Crippen molar-refractivity contribution in [2.24, 2.45) is 5.92 Å². The highest BCUT2D eigenvalue weighted by atomic mass is 19.1. The molecule has 2 atom stereocenters. The second-order valence-electron chi connectivity index (χ2n) is 5.97. The van der Waals surface area contributed by atoms with Crippen LogP contribution in [-0.2, 0) is 11.2 Å². The number of hydrogen-bond acceptors (Lipinski definition) is 3. The van der Waals surface area contributed by atoms with Crippen molar-refractivity contribution >= 4 is 22.4 Å². The van der Waals surface area contributed by atoms with Crippen LogP contribution in [0.3, 0.4) is 0 Å². The van der Waals surface area contributed by atoms with Crippen molar-refractivity contribution in [2.45, 2.75) is 31.6 Å². The molecule has 20 heavy (non-hydrogen) atoms. The lowest BCUT2D eigenvalue weighted by Crippen LogP contribution is -2.30. The van der Waals surface area contributed by atoms with Gasteiger partial charge < -0.3 is 5.73 Å². The number of hydrogen-bond donors (Lipinski definition) is 1. The van der Waals surface area contributed by atoms with Crippen LogP contribution in [0.5, 0.6) is 0 Å². The van der Waals surface area contributed by atoms with E-state index >= 15 is 0 Å². The van der Waals surface area contributed by atoms with Gasteiger partial charge in [-0.2, -0.15) is 0 Å². The maximum Gasteiger partial charge on any atom is 0.149 e. The summed E-state index contributed by atoms with van der Waals surface area (Å²) in [4.78, 5) is 16.3. The summed E-state index contributed by atoms with van der Waals surface area (Å²) in [5.41, 5.74) is 9.13. The summed E-state index contributed by atoms with van der Waals surface area (Å²) in [5.74, 6) is 0.509. The van der Waals surface area contributed by atoms with Crippen LogP contribution in [0.2, 0.25) is 0 Å². The number of nitrogen functional groups attached to an aromatic ring is 1. The maximum atomic E-state index is 13.9. The predicted octanol–water partition coefficient (Wildman–Crippen LogP) is 2.97. The number of rotatable bonds is 0. The van der Waals surface area contributed by atoms with Gasteiger partial charge in [0, 0.05) is 35.2 Å². The van der Waals surface area contributed by atoms with Crippen molar-refractivity contribution < 1.29 is 9.18 Å². The molecule has 1 aromatic carbocycles. The molecule has 0 saturated heterocycles. The maximum absolute atomic E-state index is 13.9. The van der Waals surface area contributed by atoms with E-state index in [1.165, 1.54) is 6.07 Å². The van der Waals surface area contributed by atoms with Crippen LogP contribution in [0.25, 0.3) is 10.9 Å². The van der Waals surface area contributed by atoms with Gasteiger partial charge in [0.25, 0.3) is 0 Å². The Labute approximate surface area is 116 Å². The predicted molar refractivity (Wildman–Crippen MR) is 74.9 cm³/mol. The summed E-state index contributed by atoms with van der Waals surface area (Å²) in [6.07, 6.45) is 2.93. The van der Waals surface area contributed by atoms with Crippen LogP contribution in [0.4, 0.5) is 10.1 Å². The van der Waals surface area contributed by atoms with E-state index < -0.39 is 0 Å². The molecule has 1 heterocycles. The molecule has 2 aliphatic rings. The molecule has 4 rings (SSSR count). The Morgan fingerprint density at radius 3 is 2.95 bits per heavy atom. The largest absolute Gasteiger partial charge is 0.398 e. The molecule has 2 N–H and O–H groups in total. The van der Waals surface area contributed by atoms with Crippen molar-refractivity contribution in [3.8, 4) is 0 Å². The Bertz CT molecular complexity index is 741. The molecule has 1 saturated carbocycles. The summed E-state index contributed by atoms with van der Waals surface area (Å²) in [6, 6.07) is 4.87. The first-order valence-electron chi connectivity index (χ1n) is 7.01. The topological polar surface area (TPSA) is 56.0 Å². The van der Waals surface area contributed by atoms with Crippen LogP contribution in [-0.4, -0.2) is 10.8 Å². The minimum absolute atomic E-state index is 0.171. The van der Waals surface area contributed by atoms with Crippen LogP contribution >= 0.6 is 0 Å². The highest BCUT2D eigenvalue weighted by molar-refractivity contribution is 5.93. The van der Waals surface area contributed by atoms with Gasteiger partial charge >= 0.3 is 0 Å². The number of fused-ring (bicyclic) bond motifs is 5. The second kappa shape index (κ2) is 4.01. The van der Waals surface area contributed by atoms with E-state index in [2.05, 4.69) is 4.98 Å². The molecule has 2 bridgehead atoms. The minimum Gasteiger partial charge on any atom is -0.398 e. The van der Waals surface area contributed by atoms with Gasteiger partial charge in [0.2, 0.25) is 0 Å². The van der Waals surface area contributed by atoms with Crippen molar-refractivity contribution in [3.63, 3.8) is 0 Å². The molecule has 2 aromatic rings. The van der Waals surface area contributed by atoms with Crippen LogP contribution < -0.4 is 5.73 Å². The van der Waals surface area contributed by atoms with Gasteiger partial charge in [0.05, 0.1) is 0 Å². The lowest BCUT2D eigenvalue weighted by Gasteiger charge is -2.35. The summed E-state index contributed by atoms with van der Waals surface area (Å²) < 4.78 is 13.9. The number of ketones is 1. The van der Waals surface area contributed by atoms with Gasteiger partial charge in [0.15, 0.2) is 0 Å². The normalized spacial score (nSPS) is 24.8. The zero-order valence-corrected chi connectivity index (χ0v) is 11.0. The van der Waals surface area contributed by atoms with Crippen molar-refractivity contribution in [3.05, 3.63) is 35.3 Å². The summed E-state index contributed by atoms with van der Waals surface area (Å²) >= 11 is 0. The minimum atomic E-state index is -0.330. The summed E-state index contributed by atoms with van der Waals surface area (Å²) in [6.45, 7) is 0. The number of para-hydroxylation sites is 1. The number of nitrogens with two attached hydrogens (primary N) is 1. The number of aromatic nitrogens is 1. The average Bonchev–Trinajstić information content (AvgIpc) is 2.39. The number of nitrogens with zero attached hydrogens (tertiary/aromatic N) is 1. The Morgan fingerprint density at radius 1 is 1.25 bits per heavy atom. The van der Waals surface area contributed by atoms with E-state index in [4.69, 9.17) is 5.73 Å². The lowest BCUT2D eigenvalue weighted by molar-refractivity contribution is -0.122. The zero-order valence-electron chi connectivity index (χ0n) is 11.0. The number of halogens is 1. The second-order valence-corrected chi connectivity index (χ2v) is 5.97. The molecular formula is C16H15FN2O. The number of pyridine rings is 1. The number of anilines is 1. The van der Waals surface area contributed by atoms with Gasteiger partial charge in [-0.15, -0.1) is 0 Å². The monoisotopic (exact) mass is 270 g/mol. The fourth-order valence-electron chi connectivity index (χ4n) is 3.85. The average molecular weight is 270 g/mol. The molecule has 0 aliphatic heterocycles. The quantitative estimate of drug-likeness (QED) is 0.800. The lowest BCUT2D eigenvalue weighted by atomic mass is 9.69. The first kappa shape index (κ1) is 11.8. The van der Waals surface area contributed by atoms with E-state index in [1.807, 2.05) is 0 Å². The zero-order chi connectivity index (χ0) is 13.9. The Hall–Kier alpha value is -1.97. The van der Waals surface area contributed by atoms with Crippen LogP contribution in [0.15, 0.2) is 18.2 Å². The SMILES string of the molecule is Nc1c2c(nc3c(F)cccc13)C[C@@H]1CC(=O)C[C@H]2C1. The van der Waals surface area contributed by atoms with Gasteiger partial charge in [-0.25, -0.2) is 9.37 Å². The Morgan fingerprint density at radius 2 is 2.10 bits per heavy atom. The van der Waals surface area contributed by atoms with Crippen molar-refractivity contribution in [1.82, 2.24) is 4.98 Å². The molecule has 102 valence electrons. The van der Waals surface area contributed by atoms with Gasteiger partial charge in [-0.3, -0.25) is 4.79 Å². The fraction of sp³-hybridized carbons (Fsp3) is 0.375. The van der Waals surface area contributed by atoms with E-state index in [9.17, 15) is 9.18 Å². The summed E-state index contributed by atoms with van der Waals surface area (Å²) in [7, 11) is 0.